The van der Waals surface area contributed by atoms with Gasteiger partial charge in [-0.15, -0.1) is 0 Å². The zero-order valence-electron chi connectivity index (χ0n) is 12.7. The minimum atomic E-state index is -0.452. The molecule has 2 aromatic rings. The van der Waals surface area contributed by atoms with Crippen molar-refractivity contribution in [1.29, 1.82) is 0 Å². The Kier molecular flexibility index (Phi) is 5.31. The van der Waals surface area contributed by atoms with Crippen molar-refractivity contribution in [1.82, 2.24) is 0 Å². The van der Waals surface area contributed by atoms with Crippen LogP contribution in [0.25, 0.3) is 0 Å². The van der Waals surface area contributed by atoms with Crippen LogP contribution in [0.3, 0.4) is 0 Å². The quantitative estimate of drug-likeness (QED) is 0.625. The van der Waals surface area contributed by atoms with E-state index in [0.29, 0.717) is 11.5 Å². The first-order valence-corrected chi connectivity index (χ1v) is 7.07. The fraction of sp³-hybridized carbons (Fsp3) is 0.222. The predicted octanol–water partition coefficient (Wildman–Crippen LogP) is 3.59. The number of rotatable bonds is 5. The van der Waals surface area contributed by atoms with Crippen LogP contribution in [0, 0.1) is 13.8 Å². The molecule has 22 heavy (non-hydrogen) atoms. The summed E-state index contributed by atoms with van der Waals surface area (Å²) in [7, 11) is 0. The van der Waals surface area contributed by atoms with Crippen molar-refractivity contribution >= 4 is 11.9 Å². The Hall–Kier alpha value is -2.62. The van der Waals surface area contributed by atoms with E-state index >= 15 is 0 Å². The molecule has 0 aliphatic rings. The summed E-state index contributed by atoms with van der Waals surface area (Å²) < 4.78 is 10.3. The third kappa shape index (κ3) is 5.05. The third-order valence-electron chi connectivity index (χ3n) is 2.98. The zero-order chi connectivity index (χ0) is 15.9. The maximum absolute atomic E-state index is 11.7. The molecule has 0 aliphatic heterocycles. The molecule has 4 heteroatoms. The maximum atomic E-state index is 11.7. The first-order valence-electron chi connectivity index (χ1n) is 7.07. The lowest BCUT2D eigenvalue weighted by molar-refractivity contribution is -0.140. The van der Waals surface area contributed by atoms with Crippen molar-refractivity contribution in [3.63, 3.8) is 0 Å². The van der Waals surface area contributed by atoms with Crippen LogP contribution in [0.1, 0.15) is 24.0 Å². The van der Waals surface area contributed by atoms with Crippen molar-refractivity contribution in [2.24, 2.45) is 0 Å². The summed E-state index contributed by atoms with van der Waals surface area (Å²) in [5.74, 6) is 0.0627. The first-order chi connectivity index (χ1) is 10.5. The van der Waals surface area contributed by atoms with E-state index in [0.717, 1.165) is 11.1 Å². The lowest BCUT2D eigenvalue weighted by Crippen LogP contribution is -2.14. The highest BCUT2D eigenvalue weighted by atomic mass is 16.5. The SMILES string of the molecule is Cc1cccc(OC(=O)CCC(=O)Oc2cccc(C)c2)c1. The molecule has 0 aliphatic carbocycles. The van der Waals surface area contributed by atoms with Gasteiger partial charge in [-0.1, -0.05) is 24.3 Å². The normalized spacial score (nSPS) is 10.1. The van der Waals surface area contributed by atoms with E-state index < -0.39 is 11.9 Å². The molecule has 114 valence electrons. The van der Waals surface area contributed by atoms with Crippen LogP contribution in [-0.4, -0.2) is 11.9 Å². The summed E-state index contributed by atoms with van der Waals surface area (Å²) in [6.45, 7) is 3.83. The zero-order valence-corrected chi connectivity index (χ0v) is 12.7. The van der Waals surface area contributed by atoms with Crippen molar-refractivity contribution in [2.45, 2.75) is 26.7 Å². The fourth-order valence-electron chi connectivity index (χ4n) is 1.93. The minimum Gasteiger partial charge on any atom is -0.427 e. The van der Waals surface area contributed by atoms with Gasteiger partial charge in [0.2, 0.25) is 0 Å². The van der Waals surface area contributed by atoms with Gasteiger partial charge in [0.25, 0.3) is 0 Å². The highest BCUT2D eigenvalue weighted by Crippen LogP contribution is 2.15. The van der Waals surface area contributed by atoms with E-state index in [4.69, 9.17) is 9.47 Å². The van der Waals surface area contributed by atoms with Crippen LogP contribution in [0.4, 0.5) is 0 Å². The van der Waals surface area contributed by atoms with Gasteiger partial charge in [-0.05, 0) is 49.2 Å². The maximum Gasteiger partial charge on any atom is 0.311 e. The van der Waals surface area contributed by atoms with Gasteiger partial charge in [0.1, 0.15) is 11.5 Å². The summed E-state index contributed by atoms with van der Waals surface area (Å²) in [6, 6.07) is 14.4. The van der Waals surface area contributed by atoms with E-state index in [1.54, 1.807) is 24.3 Å². The number of aryl methyl sites for hydroxylation is 2. The van der Waals surface area contributed by atoms with Gasteiger partial charge in [0.05, 0.1) is 12.8 Å². The van der Waals surface area contributed by atoms with Gasteiger partial charge in [0.15, 0.2) is 0 Å². The second-order valence-electron chi connectivity index (χ2n) is 5.08. The summed E-state index contributed by atoms with van der Waals surface area (Å²) >= 11 is 0. The Labute approximate surface area is 129 Å². The molecule has 0 saturated carbocycles. The summed E-state index contributed by atoms with van der Waals surface area (Å²) in [5, 5.41) is 0. The Morgan fingerprint density at radius 2 is 1.18 bits per heavy atom. The second-order valence-corrected chi connectivity index (χ2v) is 5.08. The van der Waals surface area contributed by atoms with Gasteiger partial charge < -0.3 is 9.47 Å². The van der Waals surface area contributed by atoms with Crippen LogP contribution in [0.15, 0.2) is 48.5 Å². The van der Waals surface area contributed by atoms with Crippen LogP contribution in [0.5, 0.6) is 11.5 Å². The van der Waals surface area contributed by atoms with Crippen LogP contribution < -0.4 is 9.47 Å². The average Bonchev–Trinajstić information content (AvgIpc) is 2.45. The topological polar surface area (TPSA) is 52.6 Å². The molecule has 2 rings (SSSR count). The fourth-order valence-corrected chi connectivity index (χ4v) is 1.93. The first kappa shape index (κ1) is 15.8. The number of carbonyl (C=O) groups excluding carboxylic acids is 2. The summed E-state index contributed by atoms with van der Waals surface area (Å²) in [6.07, 6.45) is -0.0306. The number of hydrogen-bond acceptors (Lipinski definition) is 4. The molecule has 0 N–H and O–H groups in total. The monoisotopic (exact) mass is 298 g/mol. The minimum absolute atomic E-state index is 0.0153. The molecule has 0 fully saturated rings. The molecule has 4 nitrogen and oxygen atoms in total. The van der Waals surface area contributed by atoms with Crippen molar-refractivity contribution in [3.8, 4) is 11.5 Å². The Bertz CT molecular complexity index is 617. The predicted molar refractivity (Wildman–Crippen MR) is 82.9 cm³/mol. The highest BCUT2D eigenvalue weighted by molar-refractivity contribution is 5.80. The van der Waals surface area contributed by atoms with Gasteiger partial charge in [-0.3, -0.25) is 9.59 Å². The number of benzene rings is 2. The molecule has 0 atom stereocenters. The standard InChI is InChI=1S/C18H18O4/c1-13-5-3-7-15(11-13)21-17(19)9-10-18(20)22-16-8-4-6-14(2)12-16/h3-8,11-12H,9-10H2,1-2H3. The molecule has 0 aromatic heterocycles. The van der Waals surface area contributed by atoms with E-state index in [1.165, 1.54) is 0 Å². The highest BCUT2D eigenvalue weighted by Gasteiger charge is 2.11. The number of hydrogen-bond donors (Lipinski definition) is 0. The largest absolute Gasteiger partial charge is 0.427 e. The molecule has 0 bridgehead atoms. The van der Waals surface area contributed by atoms with Crippen LogP contribution in [0.2, 0.25) is 0 Å². The van der Waals surface area contributed by atoms with E-state index in [2.05, 4.69) is 0 Å². The number of ether oxygens (including phenoxy) is 2. The Morgan fingerprint density at radius 1 is 0.773 bits per heavy atom. The lowest BCUT2D eigenvalue weighted by atomic mass is 10.2. The molecular formula is C18H18O4. The van der Waals surface area contributed by atoms with Crippen molar-refractivity contribution < 1.29 is 19.1 Å². The van der Waals surface area contributed by atoms with Gasteiger partial charge in [-0.2, -0.15) is 0 Å². The van der Waals surface area contributed by atoms with E-state index in [-0.39, 0.29) is 12.8 Å². The molecule has 0 heterocycles. The second kappa shape index (κ2) is 7.41. The van der Waals surface area contributed by atoms with Crippen molar-refractivity contribution in [3.05, 3.63) is 59.7 Å². The Morgan fingerprint density at radius 3 is 1.55 bits per heavy atom. The number of esters is 2. The van der Waals surface area contributed by atoms with Crippen LogP contribution >= 0.6 is 0 Å². The molecule has 0 unspecified atom stereocenters. The van der Waals surface area contributed by atoms with E-state index in [1.807, 2.05) is 38.1 Å². The van der Waals surface area contributed by atoms with Gasteiger partial charge >= 0.3 is 11.9 Å². The number of carbonyl (C=O) groups is 2. The van der Waals surface area contributed by atoms with Gasteiger partial charge in [-0.25, -0.2) is 0 Å². The smallest absolute Gasteiger partial charge is 0.311 e. The molecule has 0 amide bonds. The average molecular weight is 298 g/mol. The molecule has 0 radical (unpaired) electrons. The van der Waals surface area contributed by atoms with E-state index in [9.17, 15) is 9.59 Å². The molecule has 2 aromatic carbocycles. The molecular weight excluding hydrogens is 280 g/mol. The van der Waals surface area contributed by atoms with Crippen LogP contribution in [-0.2, 0) is 9.59 Å². The summed E-state index contributed by atoms with van der Waals surface area (Å²) in [4.78, 5) is 23.4. The third-order valence-corrected chi connectivity index (χ3v) is 2.98. The lowest BCUT2D eigenvalue weighted by Gasteiger charge is -2.06. The summed E-state index contributed by atoms with van der Waals surface area (Å²) in [5.41, 5.74) is 2.01. The Balaban J connectivity index is 1.79. The molecule has 0 saturated heterocycles. The van der Waals surface area contributed by atoms with Crippen molar-refractivity contribution in [2.75, 3.05) is 0 Å². The molecule has 0 spiro atoms. The van der Waals surface area contributed by atoms with Gasteiger partial charge in [0, 0.05) is 0 Å².